The molecule has 0 aliphatic heterocycles. The second-order valence-electron chi connectivity index (χ2n) is 6.63. The number of benzene rings is 1. The van der Waals surface area contributed by atoms with Crippen LogP contribution in [0.3, 0.4) is 0 Å². The van der Waals surface area contributed by atoms with Crippen LogP contribution in [0.4, 0.5) is 10.9 Å². The molecule has 0 fully saturated rings. The minimum Gasteiger partial charge on any atom is -0.315 e. The maximum Gasteiger partial charge on any atom is 0.188 e. The number of aryl methyl sites for hydroxylation is 2. The van der Waals surface area contributed by atoms with E-state index in [0.717, 1.165) is 22.1 Å². The molecule has 0 saturated carbocycles. The number of nitrogens with one attached hydrogen (secondary N) is 1. The fraction of sp³-hybridized carbons (Fsp3) is 0.190. The van der Waals surface area contributed by atoms with E-state index in [-0.39, 0.29) is 0 Å². The number of rotatable bonds is 4. The molecule has 1 aromatic carbocycles. The largest absolute Gasteiger partial charge is 0.315 e. The monoisotopic (exact) mass is 390 g/mol. The van der Waals surface area contributed by atoms with E-state index < -0.39 is 0 Å². The number of hydrogen-bond acceptors (Lipinski definition) is 6. The Hall–Kier alpha value is -2.57. The normalized spacial score (nSPS) is 13.3. The summed E-state index contributed by atoms with van der Waals surface area (Å²) in [6, 6.07) is 14.8. The van der Waals surface area contributed by atoms with E-state index in [1.54, 1.807) is 22.7 Å². The number of hydrogen-bond donors (Lipinski definition) is 1. The molecule has 0 bridgehead atoms. The molecular formula is C21H18N4S2. The summed E-state index contributed by atoms with van der Waals surface area (Å²) in [6.07, 6.45) is 4.96. The Balaban J connectivity index is 1.33. The van der Waals surface area contributed by atoms with Crippen LogP contribution < -0.4 is 5.32 Å². The minimum absolute atomic E-state index is 0.712. The summed E-state index contributed by atoms with van der Waals surface area (Å²) in [5, 5.41) is 17.0. The summed E-state index contributed by atoms with van der Waals surface area (Å²) < 4.78 is 0. The van der Waals surface area contributed by atoms with Gasteiger partial charge in [-0.15, -0.1) is 32.9 Å². The van der Waals surface area contributed by atoms with Gasteiger partial charge in [0.15, 0.2) is 10.9 Å². The molecule has 6 heteroatoms. The van der Waals surface area contributed by atoms with Gasteiger partial charge in [0.2, 0.25) is 0 Å². The number of fused-ring (bicyclic) bond motifs is 1. The number of anilines is 2. The summed E-state index contributed by atoms with van der Waals surface area (Å²) in [7, 11) is 0. The van der Waals surface area contributed by atoms with Crippen LogP contribution in [0.15, 0.2) is 53.2 Å². The first-order valence-corrected chi connectivity index (χ1v) is 10.8. The van der Waals surface area contributed by atoms with Gasteiger partial charge in [-0.3, -0.25) is 0 Å². The zero-order valence-corrected chi connectivity index (χ0v) is 16.3. The Morgan fingerprint density at radius 3 is 2.59 bits per heavy atom. The highest BCUT2D eigenvalue weighted by Gasteiger charge is 2.11. The molecule has 134 valence electrons. The number of aromatic nitrogens is 3. The number of nitrogens with zero attached hydrogens (tertiary/aromatic N) is 3. The zero-order valence-electron chi connectivity index (χ0n) is 14.7. The van der Waals surface area contributed by atoms with Crippen LogP contribution in [0.1, 0.15) is 24.0 Å². The number of thiazole rings is 1. The van der Waals surface area contributed by atoms with Crippen LogP contribution in [0.5, 0.6) is 0 Å². The van der Waals surface area contributed by atoms with Crippen LogP contribution in [0.2, 0.25) is 0 Å². The highest BCUT2D eigenvalue weighted by Crippen LogP contribution is 2.30. The van der Waals surface area contributed by atoms with E-state index in [1.807, 2.05) is 18.2 Å². The molecule has 3 aromatic heterocycles. The second kappa shape index (κ2) is 7.21. The van der Waals surface area contributed by atoms with Crippen molar-refractivity contribution in [3.63, 3.8) is 0 Å². The summed E-state index contributed by atoms with van der Waals surface area (Å²) in [5.74, 6) is 0.712. The lowest BCUT2D eigenvalue weighted by Gasteiger charge is -2.16. The van der Waals surface area contributed by atoms with E-state index >= 15 is 0 Å². The van der Waals surface area contributed by atoms with Crippen molar-refractivity contribution in [3.05, 3.63) is 64.4 Å². The molecule has 0 atom stereocenters. The lowest BCUT2D eigenvalue weighted by molar-refractivity contribution is 0.686. The molecule has 1 aliphatic rings. The highest BCUT2D eigenvalue weighted by molar-refractivity contribution is 7.16. The lowest BCUT2D eigenvalue weighted by atomic mass is 9.90. The molecular weight excluding hydrogens is 372 g/mol. The summed E-state index contributed by atoms with van der Waals surface area (Å²) in [6.45, 7) is 0. The van der Waals surface area contributed by atoms with Crippen molar-refractivity contribution in [2.24, 2.45) is 0 Å². The van der Waals surface area contributed by atoms with Gasteiger partial charge in [0, 0.05) is 10.9 Å². The Morgan fingerprint density at radius 2 is 1.78 bits per heavy atom. The molecule has 0 saturated heterocycles. The molecule has 4 nitrogen and oxygen atoms in total. The van der Waals surface area contributed by atoms with Crippen molar-refractivity contribution >= 4 is 33.6 Å². The maximum absolute atomic E-state index is 4.63. The molecule has 0 spiro atoms. The molecule has 5 rings (SSSR count). The molecule has 0 radical (unpaired) electrons. The van der Waals surface area contributed by atoms with Crippen molar-refractivity contribution in [2.45, 2.75) is 25.7 Å². The number of thiophene rings is 1. The predicted octanol–water partition coefficient (Wildman–Crippen LogP) is 5.95. The maximum atomic E-state index is 4.63. The van der Waals surface area contributed by atoms with Crippen molar-refractivity contribution in [2.75, 3.05) is 5.32 Å². The van der Waals surface area contributed by atoms with Gasteiger partial charge in [-0.05, 0) is 66.5 Å². The summed E-state index contributed by atoms with van der Waals surface area (Å²) in [4.78, 5) is 5.80. The molecule has 3 heterocycles. The molecule has 27 heavy (non-hydrogen) atoms. The smallest absolute Gasteiger partial charge is 0.188 e. The second-order valence-corrected chi connectivity index (χ2v) is 8.44. The van der Waals surface area contributed by atoms with E-state index in [9.17, 15) is 0 Å². The van der Waals surface area contributed by atoms with E-state index in [0.29, 0.717) is 5.82 Å². The highest BCUT2D eigenvalue weighted by atomic mass is 32.1. The van der Waals surface area contributed by atoms with Gasteiger partial charge in [-0.1, -0.05) is 18.2 Å². The summed E-state index contributed by atoms with van der Waals surface area (Å²) in [5.41, 5.74) is 6.00. The zero-order chi connectivity index (χ0) is 18.1. The van der Waals surface area contributed by atoms with Crippen molar-refractivity contribution in [1.82, 2.24) is 15.2 Å². The van der Waals surface area contributed by atoms with Gasteiger partial charge in [-0.25, -0.2) is 4.98 Å². The van der Waals surface area contributed by atoms with Crippen LogP contribution in [0, 0.1) is 0 Å². The third-order valence-electron chi connectivity index (χ3n) is 4.82. The molecule has 1 aliphatic carbocycles. The average molecular weight is 391 g/mol. The van der Waals surface area contributed by atoms with Crippen molar-refractivity contribution < 1.29 is 0 Å². The van der Waals surface area contributed by atoms with E-state index in [2.05, 4.69) is 55.5 Å². The van der Waals surface area contributed by atoms with Crippen LogP contribution in [-0.2, 0) is 12.8 Å². The van der Waals surface area contributed by atoms with Gasteiger partial charge < -0.3 is 5.32 Å². The first-order chi connectivity index (χ1) is 13.3. The Labute approximate surface area is 166 Å². The van der Waals surface area contributed by atoms with Gasteiger partial charge in [0.25, 0.3) is 0 Å². The average Bonchev–Trinajstić information content (AvgIpc) is 3.40. The first-order valence-electron chi connectivity index (χ1n) is 9.07. The van der Waals surface area contributed by atoms with Gasteiger partial charge in [0.1, 0.15) is 0 Å². The van der Waals surface area contributed by atoms with Crippen molar-refractivity contribution in [1.29, 1.82) is 0 Å². The quantitative estimate of drug-likeness (QED) is 0.468. The minimum atomic E-state index is 0.712. The molecule has 0 unspecified atom stereocenters. The van der Waals surface area contributed by atoms with Crippen molar-refractivity contribution in [3.8, 4) is 21.8 Å². The topological polar surface area (TPSA) is 50.7 Å². The Kier molecular flexibility index (Phi) is 4.43. The molecule has 4 aromatic rings. The van der Waals surface area contributed by atoms with Gasteiger partial charge in [0.05, 0.1) is 16.3 Å². The van der Waals surface area contributed by atoms with Gasteiger partial charge in [-0.2, -0.15) is 0 Å². The van der Waals surface area contributed by atoms with Gasteiger partial charge >= 0.3 is 0 Å². The fourth-order valence-corrected chi connectivity index (χ4v) is 4.90. The Morgan fingerprint density at radius 1 is 0.852 bits per heavy atom. The summed E-state index contributed by atoms with van der Waals surface area (Å²) >= 11 is 3.27. The van der Waals surface area contributed by atoms with Crippen LogP contribution >= 0.6 is 22.7 Å². The fourth-order valence-electron chi connectivity index (χ4n) is 3.42. The molecule has 0 amide bonds. The van der Waals surface area contributed by atoms with E-state index in [1.165, 1.54) is 41.7 Å². The third kappa shape index (κ3) is 3.50. The lowest BCUT2D eigenvalue weighted by Crippen LogP contribution is -2.02. The SMILES string of the molecule is c1csc(-c2csc(Nc3ccc(-c4ccc5c(c4)CCCC5)nn3)n2)c1. The van der Waals surface area contributed by atoms with E-state index in [4.69, 9.17) is 0 Å². The standard InChI is InChI=1S/C21H18N4S2/c1-2-5-15-12-16(8-7-14(15)4-1)17-9-10-20(25-24-17)23-21-22-18(13-27-21)19-6-3-11-26-19/h3,6-13H,1-2,4-5H2,(H,22,23,25). The predicted molar refractivity (Wildman–Crippen MR) is 113 cm³/mol. The molecule has 1 N–H and O–H groups in total. The van der Waals surface area contributed by atoms with Crippen LogP contribution in [0.25, 0.3) is 21.8 Å². The van der Waals surface area contributed by atoms with Crippen LogP contribution in [-0.4, -0.2) is 15.2 Å². The first kappa shape index (κ1) is 16.6. The third-order valence-corrected chi connectivity index (χ3v) is 6.47. The Bertz CT molecular complexity index is 1050.